The van der Waals surface area contributed by atoms with Crippen molar-refractivity contribution in [3.8, 4) is 0 Å². The molecule has 72 valence electrons. The summed E-state index contributed by atoms with van der Waals surface area (Å²) in [5.74, 6) is -0.410. The lowest BCUT2D eigenvalue weighted by Crippen LogP contribution is -2.03. The van der Waals surface area contributed by atoms with Crippen molar-refractivity contribution in [2.45, 2.75) is 6.92 Å². The van der Waals surface area contributed by atoms with Gasteiger partial charge >= 0.3 is 0 Å². The first-order valence-corrected chi connectivity index (χ1v) is 5.91. The average molecular weight is 266 g/mol. The second kappa shape index (κ2) is 4.19. The summed E-state index contributed by atoms with van der Waals surface area (Å²) < 4.78 is 27.2. The lowest BCUT2D eigenvalue weighted by Gasteiger charge is -2.06. The second-order valence-electron chi connectivity index (χ2n) is 2.64. The molecule has 1 atom stereocenters. The van der Waals surface area contributed by atoms with Crippen LogP contribution in [0.2, 0.25) is 0 Å². The molecule has 0 saturated carbocycles. The molecule has 1 aromatic rings. The summed E-state index contributed by atoms with van der Waals surface area (Å²) in [5, 5.41) is 0. The molecule has 1 unspecified atom stereocenters. The molecule has 0 aliphatic heterocycles. The van der Waals surface area contributed by atoms with Gasteiger partial charge in [0, 0.05) is 10.7 Å². The smallest absolute Gasteiger partial charge is 0.148 e. The molecule has 0 radical (unpaired) electrons. The zero-order valence-corrected chi connectivity index (χ0v) is 9.63. The van der Waals surface area contributed by atoms with Crippen molar-refractivity contribution in [1.29, 1.82) is 0 Å². The third-order valence-corrected chi connectivity index (χ3v) is 2.86. The number of nitrogens with one attached hydrogen (secondary N) is 1. The van der Waals surface area contributed by atoms with Crippen molar-refractivity contribution < 1.29 is 8.60 Å². The van der Waals surface area contributed by atoms with Crippen molar-refractivity contribution in [3.05, 3.63) is 28.0 Å². The Labute approximate surface area is 87.3 Å². The molecule has 13 heavy (non-hydrogen) atoms. The van der Waals surface area contributed by atoms with E-state index in [0.717, 1.165) is 5.56 Å². The van der Waals surface area contributed by atoms with Gasteiger partial charge < -0.3 is 4.72 Å². The van der Waals surface area contributed by atoms with Crippen molar-refractivity contribution in [2.24, 2.45) is 0 Å². The van der Waals surface area contributed by atoms with Crippen molar-refractivity contribution in [1.82, 2.24) is 0 Å². The van der Waals surface area contributed by atoms with Crippen LogP contribution >= 0.6 is 15.9 Å². The van der Waals surface area contributed by atoms with Crippen molar-refractivity contribution in [2.75, 3.05) is 11.0 Å². The summed E-state index contributed by atoms with van der Waals surface area (Å²) >= 11 is 3.20. The molecule has 0 saturated heterocycles. The largest absolute Gasteiger partial charge is 0.303 e. The van der Waals surface area contributed by atoms with E-state index < -0.39 is 16.8 Å². The Balaban J connectivity index is 3.08. The zero-order chi connectivity index (χ0) is 10.0. The first-order chi connectivity index (χ1) is 6.00. The fraction of sp³-hybridized carbons (Fsp3) is 0.250. The molecule has 0 heterocycles. The summed E-state index contributed by atoms with van der Waals surface area (Å²) in [6.45, 7) is 1.84. The van der Waals surface area contributed by atoms with Gasteiger partial charge in [0.05, 0.1) is 5.69 Å². The Kier molecular flexibility index (Phi) is 3.44. The van der Waals surface area contributed by atoms with Gasteiger partial charge in [0.1, 0.15) is 16.8 Å². The Bertz CT molecular complexity index is 356. The van der Waals surface area contributed by atoms with Crippen LogP contribution < -0.4 is 4.72 Å². The minimum atomic E-state index is -1.25. The fourth-order valence-electron chi connectivity index (χ4n) is 0.890. The monoisotopic (exact) mass is 265 g/mol. The Morgan fingerprint density at radius 3 is 2.69 bits per heavy atom. The highest BCUT2D eigenvalue weighted by Gasteiger charge is 2.05. The van der Waals surface area contributed by atoms with Gasteiger partial charge in [0.2, 0.25) is 0 Å². The summed E-state index contributed by atoms with van der Waals surface area (Å²) in [7, 11) is -1.25. The predicted octanol–water partition coefficient (Wildman–Crippen LogP) is 2.60. The first kappa shape index (κ1) is 10.7. The van der Waals surface area contributed by atoms with Crippen LogP contribution in [-0.2, 0) is 11.0 Å². The Morgan fingerprint density at radius 1 is 1.54 bits per heavy atom. The molecule has 1 rings (SSSR count). The van der Waals surface area contributed by atoms with Gasteiger partial charge in [0.25, 0.3) is 0 Å². The van der Waals surface area contributed by atoms with E-state index in [9.17, 15) is 8.60 Å². The van der Waals surface area contributed by atoms with Gasteiger partial charge in [0.15, 0.2) is 0 Å². The molecule has 0 fully saturated rings. The summed E-state index contributed by atoms with van der Waals surface area (Å²) in [5.41, 5.74) is 1.16. The lowest BCUT2D eigenvalue weighted by atomic mass is 10.2. The maximum atomic E-state index is 13.2. The third kappa shape index (κ3) is 2.77. The standard InChI is InChI=1S/C8H9BrFNOS/c1-5-3-8(11-13(2)12)7(10)4-6(5)9/h3-4,11H,1-2H3. The summed E-state index contributed by atoms with van der Waals surface area (Å²) in [6.07, 6.45) is 1.46. The van der Waals surface area contributed by atoms with Crippen LogP contribution in [0.4, 0.5) is 10.1 Å². The van der Waals surface area contributed by atoms with Gasteiger partial charge in [-0.15, -0.1) is 0 Å². The number of aryl methyl sites for hydroxylation is 1. The normalized spacial score (nSPS) is 12.6. The van der Waals surface area contributed by atoms with Gasteiger partial charge in [-0.05, 0) is 24.6 Å². The highest BCUT2D eigenvalue weighted by Crippen LogP contribution is 2.23. The molecular weight excluding hydrogens is 257 g/mol. The summed E-state index contributed by atoms with van der Waals surface area (Å²) in [4.78, 5) is 0. The van der Waals surface area contributed by atoms with Crippen LogP contribution in [0.15, 0.2) is 16.6 Å². The van der Waals surface area contributed by atoms with E-state index in [4.69, 9.17) is 0 Å². The van der Waals surface area contributed by atoms with Crippen LogP contribution in [0.25, 0.3) is 0 Å². The van der Waals surface area contributed by atoms with Gasteiger partial charge in [-0.2, -0.15) is 0 Å². The third-order valence-electron chi connectivity index (χ3n) is 1.50. The van der Waals surface area contributed by atoms with Crippen molar-refractivity contribution in [3.63, 3.8) is 0 Å². The minimum Gasteiger partial charge on any atom is -0.303 e. The number of halogens is 2. The van der Waals surface area contributed by atoms with E-state index in [-0.39, 0.29) is 5.69 Å². The number of hydrogen-bond acceptors (Lipinski definition) is 1. The van der Waals surface area contributed by atoms with E-state index in [0.29, 0.717) is 4.47 Å². The van der Waals surface area contributed by atoms with Crippen LogP contribution in [0.5, 0.6) is 0 Å². The number of hydrogen-bond donors (Lipinski definition) is 1. The minimum absolute atomic E-state index is 0.265. The lowest BCUT2D eigenvalue weighted by molar-refractivity contribution is 0.630. The van der Waals surface area contributed by atoms with E-state index in [1.807, 2.05) is 6.92 Å². The van der Waals surface area contributed by atoms with E-state index in [1.54, 1.807) is 6.07 Å². The molecule has 0 spiro atoms. The van der Waals surface area contributed by atoms with E-state index in [1.165, 1.54) is 12.3 Å². The van der Waals surface area contributed by atoms with E-state index in [2.05, 4.69) is 20.7 Å². The van der Waals surface area contributed by atoms with Crippen molar-refractivity contribution >= 4 is 32.6 Å². The molecule has 0 amide bonds. The quantitative estimate of drug-likeness (QED) is 0.875. The molecular formula is C8H9BrFNOS. The van der Waals surface area contributed by atoms with Gasteiger partial charge in [-0.1, -0.05) is 15.9 Å². The molecule has 1 aromatic carbocycles. The van der Waals surface area contributed by atoms with Crippen LogP contribution in [0, 0.1) is 12.7 Å². The molecule has 5 heteroatoms. The summed E-state index contributed by atoms with van der Waals surface area (Å²) in [6, 6.07) is 2.96. The van der Waals surface area contributed by atoms with Crippen LogP contribution in [0.3, 0.4) is 0 Å². The second-order valence-corrected chi connectivity index (χ2v) is 4.60. The highest BCUT2D eigenvalue weighted by molar-refractivity contribution is 9.10. The maximum Gasteiger partial charge on any atom is 0.148 e. The molecule has 1 N–H and O–H groups in total. The Morgan fingerprint density at radius 2 is 2.15 bits per heavy atom. The highest BCUT2D eigenvalue weighted by atomic mass is 79.9. The molecule has 0 aliphatic rings. The fourth-order valence-corrected chi connectivity index (χ4v) is 1.67. The topological polar surface area (TPSA) is 29.1 Å². The van der Waals surface area contributed by atoms with E-state index >= 15 is 0 Å². The average Bonchev–Trinajstić information content (AvgIpc) is 1.99. The maximum absolute atomic E-state index is 13.2. The number of anilines is 1. The first-order valence-electron chi connectivity index (χ1n) is 3.56. The molecule has 0 aliphatic carbocycles. The zero-order valence-electron chi connectivity index (χ0n) is 7.23. The number of rotatable bonds is 2. The number of benzene rings is 1. The molecule has 0 aromatic heterocycles. The van der Waals surface area contributed by atoms with Gasteiger partial charge in [-0.25, -0.2) is 8.60 Å². The van der Waals surface area contributed by atoms with Crippen LogP contribution in [-0.4, -0.2) is 10.5 Å². The SMILES string of the molecule is Cc1cc(NS(C)=O)c(F)cc1Br. The van der Waals surface area contributed by atoms with Crippen LogP contribution in [0.1, 0.15) is 5.56 Å². The van der Waals surface area contributed by atoms with Gasteiger partial charge in [-0.3, -0.25) is 0 Å². The molecule has 0 bridgehead atoms. The molecule has 2 nitrogen and oxygen atoms in total. The predicted molar refractivity (Wildman–Crippen MR) is 56.5 cm³/mol. The Hall–Kier alpha value is -0.420.